The number of methoxy groups -OCH3 is 1. The minimum Gasteiger partial charge on any atom is -0.385 e. The number of halogens is 1. The molecular formula is C14H21BrN2O3S. The first kappa shape index (κ1) is 16.9. The van der Waals surface area contributed by atoms with Crippen molar-refractivity contribution in [2.24, 2.45) is 0 Å². The van der Waals surface area contributed by atoms with E-state index in [4.69, 9.17) is 4.74 Å². The van der Waals surface area contributed by atoms with Crippen LogP contribution >= 0.6 is 15.9 Å². The summed E-state index contributed by atoms with van der Waals surface area (Å²) in [6.07, 6.45) is 3.07. The van der Waals surface area contributed by atoms with Crippen LogP contribution in [0.3, 0.4) is 0 Å². The van der Waals surface area contributed by atoms with Crippen LogP contribution in [-0.4, -0.2) is 34.7 Å². The average Bonchev–Trinajstić information content (AvgIpc) is 3.27. The van der Waals surface area contributed by atoms with E-state index in [0.29, 0.717) is 36.6 Å². The fourth-order valence-electron chi connectivity index (χ4n) is 1.91. The van der Waals surface area contributed by atoms with E-state index in [1.807, 2.05) is 6.07 Å². The molecule has 0 atom stereocenters. The van der Waals surface area contributed by atoms with Gasteiger partial charge in [-0.3, -0.25) is 0 Å². The molecule has 0 saturated heterocycles. The van der Waals surface area contributed by atoms with Gasteiger partial charge < -0.3 is 10.1 Å². The third-order valence-corrected chi connectivity index (χ3v) is 5.73. The fraction of sp³-hybridized carbons (Fsp3) is 0.571. The lowest BCUT2D eigenvalue weighted by atomic mass is 10.2. The van der Waals surface area contributed by atoms with Crippen LogP contribution in [0, 0.1) is 0 Å². The zero-order chi connectivity index (χ0) is 15.3. The van der Waals surface area contributed by atoms with Crippen LogP contribution in [0.2, 0.25) is 0 Å². The quantitative estimate of drug-likeness (QED) is 0.647. The standard InChI is InChI=1S/C14H21BrN2O3S/c1-20-8-2-7-17-21(18,19)14-9-11(3-6-13(14)15)10-16-12-4-5-12/h3,6,9,12,16-17H,2,4-5,7-8,10H2,1H3. The van der Waals surface area contributed by atoms with Gasteiger partial charge in [-0.2, -0.15) is 0 Å². The Bertz CT molecular complexity index is 574. The van der Waals surface area contributed by atoms with E-state index in [1.165, 1.54) is 12.8 Å². The summed E-state index contributed by atoms with van der Waals surface area (Å²) in [5, 5.41) is 3.38. The van der Waals surface area contributed by atoms with E-state index in [2.05, 4.69) is 26.0 Å². The van der Waals surface area contributed by atoms with Gasteiger partial charge in [0.25, 0.3) is 0 Å². The van der Waals surface area contributed by atoms with Crippen molar-refractivity contribution in [2.45, 2.75) is 36.7 Å². The molecule has 0 spiro atoms. The third-order valence-electron chi connectivity index (χ3n) is 3.27. The fourth-order valence-corrected chi connectivity index (χ4v) is 4.00. The molecule has 2 N–H and O–H groups in total. The average molecular weight is 377 g/mol. The second-order valence-corrected chi connectivity index (χ2v) is 7.75. The molecule has 1 fully saturated rings. The number of hydrogen-bond acceptors (Lipinski definition) is 4. The van der Waals surface area contributed by atoms with Crippen molar-refractivity contribution >= 4 is 26.0 Å². The summed E-state index contributed by atoms with van der Waals surface area (Å²) in [6.45, 7) is 1.60. The number of benzene rings is 1. The highest BCUT2D eigenvalue weighted by Gasteiger charge is 2.21. The van der Waals surface area contributed by atoms with E-state index < -0.39 is 10.0 Å². The van der Waals surface area contributed by atoms with Crippen LogP contribution in [-0.2, 0) is 21.3 Å². The van der Waals surface area contributed by atoms with Crippen molar-refractivity contribution < 1.29 is 13.2 Å². The van der Waals surface area contributed by atoms with E-state index in [1.54, 1.807) is 19.2 Å². The van der Waals surface area contributed by atoms with Crippen LogP contribution in [0.1, 0.15) is 24.8 Å². The summed E-state index contributed by atoms with van der Waals surface area (Å²) < 4.78 is 32.7. The summed E-state index contributed by atoms with van der Waals surface area (Å²) in [6, 6.07) is 6.04. The van der Waals surface area contributed by atoms with Gasteiger partial charge in [0.05, 0.1) is 4.90 Å². The lowest BCUT2D eigenvalue weighted by Crippen LogP contribution is -2.26. The van der Waals surface area contributed by atoms with Gasteiger partial charge in [0, 0.05) is 37.3 Å². The predicted octanol–water partition coefficient (Wildman–Crippen LogP) is 2.02. The van der Waals surface area contributed by atoms with E-state index in [-0.39, 0.29) is 4.90 Å². The van der Waals surface area contributed by atoms with Gasteiger partial charge in [-0.25, -0.2) is 13.1 Å². The molecule has 118 valence electrons. The summed E-state index contributed by atoms with van der Waals surface area (Å²) in [4.78, 5) is 0.287. The van der Waals surface area contributed by atoms with E-state index in [9.17, 15) is 8.42 Å². The monoisotopic (exact) mass is 376 g/mol. The lowest BCUT2D eigenvalue weighted by Gasteiger charge is -2.11. The molecule has 21 heavy (non-hydrogen) atoms. The predicted molar refractivity (Wildman–Crippen MR) is 85.7 cm³/mol. The Kier molecular flexibility index (Phi) is 6.19. The lowest BCUT2D eigenvalue weighted by molar-refractivity contribution is 0.196. The smallest absolute Gasteiger partial charge is 0.241 e. The second kappa shape index (κ2) is 7.69. The molecule has 1 aliphatic rings. The largest absolute Gasteiger partial charge is 0.385 e. The molecule has 5 nitrogen and oxygen atoms in total. The Labute approximate surface area is 134 Å². The molecule has 0 bridgehead atoms. The topological polar surface area (TPSA) is 67.4 Å². The van der Waals surface area contributed by atoms with Crippen LogP contribution in [0.5, 0.6) is 0 Å². The first-order valence-electron chi connectivity index (χ1n) is 7.03. The van der Waals surface area contributed by atoms with Crippen LogP contribution in [0.4, 0.5) is 0 Å². The number of rotatable bonds is 9. The number of ether oxygens (including phenoxy) is 1. The molecule has 1 saturated carbocycles. The maximum Gasteiger partial charge on any atom is 0.241 e. The van der Waals surface area contributed by atoms with Crippen molar-refractivity contribution in [3.05, 3.63) is 28.2 Å². The summed E-state index contributed by atoms with van der Waals surface area (Å²) in [5.41, 5.74) is 0.974. The Morgan fingerprint density at radius 2 is 2.14 bits per heavy atom. The molecule has 0 radical (unpaired) electrons. The van der Waals surface area contributed by atoms with Crippen molar-refractivity contribution in [3.63, 3.8) is 0 Å². The molecular weight excluding hydrogens is 356 g/mol. The van der Waals surface area contributed by atoms with Crippen LogP contribution in [0.25, 0.3) is 0 Å². The van der Waals surface area contributed by atoms with Gasteiger partial charge in [-0.05, 0) is 52.9 Å². The molecule has 0 heterocycles. The van der Waals surface area contributed by atoms with Crippen LogP contribution in [0.15, 0.2) is 27.6 Å². The van der Waals surface area contributed by atoms with Crippen molar-refractivity contribution in [1.82, 2.24) is 10.0 Å². The Balaban J connectivity index is 2.03. The summed E-state index contributed by atoms with van der Waals surface area (Å²) in [5.74, 6) is 0. The normalized spacial score (nSPS) is 15.3. The van der Waals surface area contributed by atoms with E-state index in [0.717, 1.165) is 5.56 Å². The molecule has 2 rings (SSSR count). The molecule has 0 aliphatic heterocycles. The van der Waals surface area contributed by atoms with Gasteiger partial charge in [-0.15, -0.1) is 0 Å². The highest BCUT2D eigenvalue weighted by Crippen LogP contribution is 2.24. The Hall–Kier alpha value is -0.470. The highest BCUT2D eigenvalue weighted by molar-refractivity contribution is 9.10. The molecule has 0 aromatic heterocycles. The number of hydrogen-bond donors (Lipinski definition) is 2. The zero-order valence-corrected chi connectivity index (χ0v) is 14.5. The maximum atomic E-state index is 12.3. The minimum absolute atomic E-state index is 0.287. The van der Waals surface area contributed by atoms with Gasteiger partial charge in [0.1, 0.15) is 0 Å². The summed E-state index contributed by atoms with van der Waals surface area (Å²) >= 11 is 3.32. The molecule has 0 unspecified atom stereocenters. The molecule has 1 aromatic carbocycles. The van der Waals surface area contributed by atoms with Gasteiger partial charge in [-0.1, -0.05) is 6.07 Å². The third kappa shape index (κ3) is 5.34. The van der Waals surface area contributed by atoms with Crippen molar-refractivity contribution in [1.29, 1.82) is 0 Å². The molecule has 0 amide bonds. The zero-order valence-electron chi connectivity index (χ0n) is 12.1. The first-order chi connectivity index (χ1) is 10.0. The Morgan fingerprint density at radius 1 is 1.38 bits per heavy atom. The van der Waals surface area contributed by atoms with Crippen molar-refractivity contribution in [3.8, 4) is 0 Å². The first-order valence-corrected chi connectivity index (χ1v) is 9.31. The molecule has 1 aromatic rings. The molecule has 1 aliphatic carbocycles. The van der Waals surface area contributed by atoms with Crippen LogP contribution < -0.4 is 10.0 Å². The highest BCUT2D eigenvalue weighted by atomic mass is 79.9. The van der Waals surface area contributed by atoms with Gasteiger partial charge in [0.15, 0.2) is 0 Å². The maximum absolute atomic E-state index is 12.3. The van der Waals surface area contributed by atoms with Crippen molar-refractivity contribution in [2.75, 3.05) is 20.3 Å². The SMILES string of the molecule is COCCCNS(=O)(=O)c1cc(CNC2CC2)ccc1Br. The minimum atomic E-state index is -3.50. The second-order valence-electron chi connectivity index (χ2n) is 5.16. The van der Waals surface area contributed by atoms with Gasteiger partial charge in [0.2, 0.25) is 10.0 Å². The number of sulfonamides is 1. The van der Waals surface area contributed by atoms with E-state index >= 15 is 0 Å². The number of nitrogens with one attached hydrogen (secondary N) is 2. The molecule has 7 heteroatoms. The Morgan fingerprint density at radius 3 is 2.81 bits per heavy atom. The van der Waals surface area contributed by atoms with Gasteiger partial charge >= 0.3 is 0 Å². The summed E-state index contributed by atoms with van der Waals surface area (Å²) in [7, 11) is -1.90.